The molecule has 174 valence electrons. The third-order valence-electron chi connectivity index (χ3n) is 5.01. The van der Waals surface area contributed by atoms with Gasteiger partial charge in [0.1, 0.15) is 0 Å². The lowest BCUT2D eigenvalue weighted by Crippen LogP contribution is -2.33. The Morgan fingerprint density at radius 2 is 1.91 bits per heavy atom. The maximum atomic E-state index is 12.8. The number of aromatic nitrogens is 3. The van der Waals surface area contributed by atoms with Crippen molar-refractivity contribution in [2.24, 2.45) is 13.0 Å². The fraction of sp³-hybridized carbons (Fsp3) is 0.304. The van der Waals surface area contributed by atoms with Gasteiger partial charge in [-0.3, -0.25) is 9.59 Å². The molecule has 0 bridgehead atoms. The van der Waals surface area contributed by atoms with Crippen molar-refractivity contribution in [2.45, 2.75) is 32.0 Å². The first kappa shape index (κ1) is 25.3. The van der Waals surface area contributed by atoms with Gasteiger partial charge in [-0.05, 0) is 48.7 Å². The third kappa shape index (κ3) is 6.37. The second-order valence-corrected chi connectivity index (χ2v) is 10.1. The summed E-state index contributed by atoms with van der Waals surface area (Å²) in [6, 6.07) is 12.2. The number of anilines is 1. The molecule has 0 aliphatic heterocycles. The third-order valence-corrected chi connectivity index (χ3v) is 6.86. The fourth-order valence-electron chi connectivity index (χ4n) is 3.20. The SMILES string of the molecule is Cc1cc(Br)ccc1NC(=O)CSc1nnc([C@@H](NC(=O)c2ccccc2Cl)C(C)C)n1C. The van der Waals surface area contributed by atoms with Crippen molar-refractivity contribution in [3.8, 4) is 0 Å². The number of benzene rings is 2. The minimum Gasteiger partial charge on any atom is -0.342 e. The summed E-state index contributed by atoms with van der Waals surface area (Å²) in [6.07, 6.45) is 0. The van der Waals surface area contributed by atoms with Crippen LogP contribution < -0.4 is 10.6 Å². The van der Waals surface area contributed by atoms with E-state index in [0.717, 1.165) is 15.7 Å². The quantitative estimate of drug-likeness (QED) is 0.367. The largest absolute Gasteiger partial charge is 0.342 e. The van der Waals surface area contributed by atoms with Gasteiger partial charge in [0.05, 0.1) is 22.4 Å². The predicted octanol–water partition coefficient (Wildman–Crippen LogP) is 5.40. The summed E-state index contributed by atoms with van der Waals surface area (Å²) in [5.41, 5.74) is 2.14. The molecule has 2 N–H and O–H groups in total. The van der Waals surface area contributed by atoms with Crippen LogP contribution >= 0.6 is 39.3 Å². The Hall–Kier alpha value is -2.36. The number of carbonyl (C=O) groups is 2. The van der Waals surface area contributed by atoms with Crippen molar-refractivity contribution >= 4 is 56.8 Å². The molecule has 0 saturated carbocycles. The normalized spacial score (nSPS) is 12.0. The van der Waals surface area contributed by atoms with Crippen molar-refractivity contribution in [1.29, 1.82) is 0 Å². The summed E-state index contributed by atoms with van der Waals surface area (Å²) >= 11 is 10.9. The lowest BCUT2D eigenvalue weighted by Gasteiger charge is -2.22. The summed E-state index contributed by atoms with van der Waals surface area (Å²) in [4.78, 5) is 25.2. The molecule has 1 aromatic heterocycles. The van der Waals surface area contributed by atoms with E-state index in [2.05, 4.69) is 36.8 Å². The number of carbonyl (C=O) groups excluding carboxylic acids is 2. The molecule has 0 spiro atoms. The monoisotopic (exact) mass is 549 g/mol. The molecular formula is C23H25BrClN5O2S. The fourth-order valence-corrected chi connectivity index (χ4v) is 4.62. The molecule has 0 fully saturated rings. The zero-order chi connectivity index (χ0) is 24.1. The van der Waals surface area contributed by atoms with E-state index in [4.69, 9.17) is 11.6 Å². The molecule has 2 aromatic carbocycles. The minimum absolute atomic E-state index is 0.0564. The minimum atomic E-state index is -0.375. The zero-order valence-electron chi connectivity index (χ0n) is 18.7. The van der Waals surface area contributed by atoms with Crippen LogP contribution in [-0.2, 0) is 11.8 Å². The molecule has 10 heteroatoms. The molecule has 0 unspecified atom stereocenters. The van der Waals surface area contributed by atoms with Crippen LogP contribution in [0.2, 0.25) is 5.02 Å². The summed E-state index contributed by atoms with van der Waals surface area (Å²) in [5, 5.41) is 15.4. The van der Waals surface area contributed by atoms with Gasteiger partial charge in [-0.1, -0.05) is 65.3 Å². The van der Waals surface area contributed by atoms with Crippen LogP contribution in [0.1, 0.15) is 41.6 Å². The van der Waals surface area contributed by atoms with Gasteiger partial charge in [0.15, 0.2) is 11.0 Å². The van der Waals surface area contributed by atoms with E-state index in [0.29, 0.717) is 21.6 Å². The van der Waals surface area contributed by atoms with Crippen molar-refractivity contribution in [1.82, 2.24) is 20.1 Å². The number of aryl methyl sites for hydroxylation is 1. The van der Waals surface area contributed by atoms with E-state index in [-0.39, 0.29) is 29.5 Å². The van der Waals surface area contributed by atoms with E-state index in [1.54, 1.807) is 28.8 Å². The molecule has 2 amide bonds. The van der Waals surface area contributed by atoms with Crippen LogP contribution in [-0.4, -0.2) is 32.3 Å². The Labute approximate surface area is 210 Å². The van der Waals surface area contributed by atoms with Crippen molar-refractivity contribution in [2.75, 3.05) is 11.1 Å². The Balaban J connectivity index is 1.68. The van der Waals surface area contributed by atoms with E-state index < -0.39 is 0 Å². The standard InChI is InChI=1S/C23H25BrClN5O2S/c1-13(2)20(27-22(32)16-7-5-6-8-17(16)25)21-28-29-23(30(21)4)33-12-19(31)26-18-10-9-15(24)11-14(18)3/h5-11,13,20H,12H2,1-4H3,(H,26,31)(H,27,32)/t20-/m0/s1. The first-order chi connectivity index (χ1) is 15.7. The number of halogens is 2. The summed E-state index contributed by atoms with van der Waals surface area (Å²) in [7, 11) is 1.82. The van der Waals surface area contributed by atoms with Crippen LogP contribution in [0.5, 0.6) is 0 Å². The Bertz CT molecular complexity index is 1170. The van der Waals surface area contributed by atoms with Gasteiger partial charge in [-0.25, -0.2) is 0 Å². The van der Waals surface area contributed by atoms with E-state index >= 15 is 0 Å². The lowest BCUT2D eigenvalue weighted by molar-refractivity contribution is -0.113. The molecule has 0 saturated heterocycles. The van der Waals surface area contributed by atoms with E-state index in [9.17, 15) is 9.59 Å². The van der Waals surface area contributed by atoms with E-state index in [1.807, 2.05) is 46.0 Å². The van der Waals surface area contributed by atoms with Gasteiger partial charge < -0.3 is 15.2 Å². The number of hydrogen-bond acceptors (Lipinski definition) is 5. The molecule has 1 heterocycles. The van der Waals surface area contributed by atoms with Crippen molar-refractivity contribution in [3.63, 3.8) is 0 Å². The number of rotatable bonds is 8. The Morgan fingerprint density at radius 1 is 1.18 bits per heavy atom. The molecular weight excluding hydrogens is 526 g/mol. The molecule has 33 heavy (non-hydrogen) atoms. The Kier molecular flexibility index (Phi) is 8.56. The van der Waals surface area contributed by atoms with Gasteiger partial charge in [0.25, 0.3) is 5.91 Å². The second kappa shape index (κ2) is 11.2. The zero-order valence-corrected chi connectivity index (χ0v) is 21.9. The van der Waals surface area contributed by atoms with Crippen LogP contribution in [0.25, 0.3) is 0 Å². The number of nitrogens with zero attached hydrogens (tertiary/aromatic N) is 3. The van der Waals surface area contributed by atoms with Gasteiger partial charge in [-0.2, -0.15) is 0 Å². The average Bonchev–Trinajstić information content (AvgIpc) is 3.12. The van der Waals surface area contributed by atoms with Gasteiger partial charge in [-0.15, -0.1) is 10.2 Å². The van der Waals surface area contributed by atoms with Crippen LogP contribution in [0.3, 0.4) is 0 Å². The number of amides is 2. The molecule has 3 rings (SSSR count). The maximum absolute atomic E-state index is 12.8. The van der Waals surface area contributed by atoms with Crippen molar-refractivity contribution < 1.29 is 9.59 Å². The highest BCUT2D eigenvalue weighted by Gasteiger charge is 2.26. The molecule has 0 aliphatic rings. The molecule has 1 atom stereocenters. The highest BCUT2D eigenvalue weighted by atomic mass is 79.9. The lowest BCUT2D eigenvalue weighted by atomic mass is 10.0. The van der Waals surface area contributed by atoms with Crippen molar-refractivity contribution in [3.05, 3.63) is 68.9 Å². The van der Waals surface area contributed by atoms with Crippen LogP contribution in [0, 0.1) is 12.8 Å². The van der Waals surface area contributed by atoms with Crippen LogP contribution in [0.4, 0.5) is 5.69 Å². The maximum Gasteiger partial charge on any atom is 0.253 e. The van der Waals surface area contributed by atoms with Crippen LogP contribution in [0.15, 0.2) is 52.1 Å². The summed E-state index contributed by atoms with van der Waals surface area (Å²) in [6.45, 7) is 5.92. The second-order valence-electron chi connectivity index (χ2n) is 7.87. The molecule has 0 radical (unpaired) electrons. The topological polar surface area (TPSA) is 88.9 Å². The molecule has 3 aromatic rings. The molecule has 7 nitrogen and oxygen atoms in total. The number of thioether (sulfide) groups is 1. The predicted molar refractivity (Wildman–Crippen MR) is 136 cm³/mol. The van der Waals surface area contributed by atoms with Gasteiger partial charge >= 0.3 is 0 Å². The number of nitrogens with one attached hydrogen (secondary N) is 2. The summed E-state index contributed by atoms with van der Waals surface area (Å²) < 4.78 is 2.76. The highest BCUT2D eigenvalue weighted by molar-refractivity contribution is 9.10. The number of hydrogen-bond donors (Lipinski definition) is 2. The average molecular weight is 551 g/mol. The molecule has 0 aliphatic carbocycles. The smallest absolute Gasteiger partial charge is 0.253 e. The van der Waals surface area contributed by atoms with Gasteiger partial charge in [0.2, 0.25) is 5.91 Å². The highest BCUT2D eigenvalue weighted by Crippen LogP contribution is 2.26. The van der Waals surface area contributed by atoms with Gasteiger partial charge in [0, 0.05) is 17.2 Å². The van der Waals surface area contributed by atoms with E-state index in [1.165, 1.54) is 11.8 Å². The summed E-state index contributed by atoms with van der Waals surface area (Å²) in [5.74, 6) is 0.431. The first-order valence-electron chi connectivity index (χ1n) is 10.3. The first-order valence-corrected chi connectivity index (χ1v) is 12.5. The Morgan fingerprint density at radius 3 is 2.58 bits per heavy atom.